The van der Waals surface area contributed by atoms with Crippen molar-refractivity contribution in [3.05, 3.63) is 29.1 Å². The maximum atomic E-state index is 12.3. The molecule has 162 valence electrons. The smallest absolute Gasteiger partial charge is 0.320 e. The number of hydrogen-bond acceptors (Lipinski definition) is 5. The SMILES string of the molecule is Cc1cc(-c2nc(NC(=O)N[C@H]3CCCN(C)C3)cs2)ccc1OCC1(C)CCC1. The van der Waals surface area contributed by atoms with Gasteiger partial charge in [0, 0.05) is 28.9 Å². The Balaban J connectivity index is 1.33. The van der Waals surface area contributed by atoms with Crippen molar-refractivity contribution in [2.24, 2.45) is 5.41 Å². The number of thiazole rings is 1. The summed E-state index contributed by atoms with van der Waals surface area (Å²) in [7, 11) is 2.09. The maximum Gasteiger partial charge on any atom is 0.320 e. The highest BCUT2D eigenvalue weighted by atomic mass is 32.1. The van der Waals surface area contributed by atoms with Gasteiger partial charge < -0.3 is 15.0 Å². The van der Waals surface area contributed by atoms with Crippen LogP contribution in [0.5, 0.6) is 5.75 Å². The average molecular weight is 429 g/mol. The monoisotopic (exact) mass is 428 g/mol. The van der Waals surface area contributed by atoms with Crippen LogP contribution in [0.1, 0.15) is 44.6 Å². The third kappa shape index (κ3) is 5.13. The summed E-state index contributed by atoms with van der Waals surface area (Å²) in [5.41, 5.74) is 2.50. The first-order valence-electron chi connectivity index (χ1n) is 10.9. The van der Waals surface area contributed by atoms with E-state index in [4.69, 9.17) is 4.74 Å². The molecule has 4 rings (SSSR count). The topological polar surface area (TPSA) is 66.5 Å². The second kappa shape index (κ2) is 8.94. The molecule has 2 aliphatic rings. The summed E-state index contributed by atoms with van der Waals surface area (Å²) in [6.45, 7) is 7.14. The van der Waals surface area contributed by atoms with Gasteiger partial charge in [0.15, 0.2) is 0 Å². The highest BCUT2D eigenvalue weighted by Gasteiger charge is 2.32. The molecule has 30 heavy (non-hydrogen) atoms. The van der Waals surface area contributed by atoms with Gasteiger partial charge in [0.05, 0.1) is 6.61 Å². The van der Waals surface area contributed by atoms with Gasteiger partial charge in [-0.1, -0.05) is 13.3 Å². The highest BCUT2D eigenvalue weighted by Crippen LogP contribution is 2.41. The third-order valence-electron chi connectivity index (χ3n) is 6.26. The number of urea groups is 1. The molecule has 2 heterocycles. The molecule has 2 amide bonds. The number of rotatable bonds is 6. The molecule has 2 aromatic rings. The zero-order valence-corrected chi connectivity index (χ0v) is 19.0. The number of benzene rings is 1. The number of carbonyl (C=O) groups is 1. The summed E-state index contributed by atoms with van der Waals surface area (Å²) in [5, 5.41) is 8.71. The maximum absolute atomic E-state index is 12.3. The lowest BCUT2D eigenvalue weighted by Crippen LogP contribution is -2.47. The molecule has 1 aromatic heterocycles. The fourth-order valence-electron chi connectivity index (χ4n) is 4.21. The molecular formula is C23H32N4O2S. The number of amides is 2. The predicted molar refractivity (Wildman–Crippen MR) is 122 cm³/mol. The molecule has 0 bridgehead atoms. The summed E-state index contributed by atoms with van der Waals surface area (Å²) < 4.78 is 6.09. The molecule has 2 N–H and O–H groups in total. The van der Waals surface area contributed by atoms with Gasteiger partial charge >= 0.3 is 6.03 Å². The fraction of sp³-hybridized carbons (Fsp3) is 0.565. The second-order valence-electron chi connectivity index (χ2n) is 9.17. The van der Waals surface area contributed by atoms with Crippen molar-refractivity contribution in [3.8, 4) is 16.3 Å². The van der Waals surface area contributed by atoms with E-state index in [2.05, 4.69) is 47.5 Å². The molecule has 1 saturated heterocycles. The van der Waals surface area contributed by atoms with Gasteiger partial charge in [0.1, 0.15) is 16.6 Å². The lowest BCUT2D eigenvalue weighted by molar-refractivity contribution is 0.0772. The predicted octanol–water partition coefficient (Wildman–Crippen LogP) is 4.90. The minimum absolute atomic E-state index is 0.184. The number of nitrogens with one attached hydrogen (secondary N) is 2. The molecule has 1 aliphatic heterocycles. The quantitative estimate of drug-likeness (QED) is 0.687. The van der Waals surface area contributed by atoms with E-state index in [0.717, 1.165) is 54.4 Å². The summed E-state index contributed by atoms with van der Waals surface area (Å²) in [5.74, 6) is 1.53. The molecular weight excluding hydrogens is 396 g/mol. The summed E-state index contributed by atoms with van der Waals surface area (Å²) in [6, 6.07) is 6.20. The van der Waals surface area contributed by atoms with Gasteiger partial charge in [-0.15, -0.1) is 11.3 Å². The first-order chi connectivity index (χ1) is 14.4. The van der Waals surface area contributed by atoms with Crippen molar-refractivity contribution in [1.29, 1.82) is 0 Å². The van der Waals surface area contributed by atoms with Crippen LogP contribution in [-0.4, -0.2) is 48.7 Å². The van der Waals surface area contributed by atoms with Gasteiger partial charge in [0.25, 0.3) is 0 Å². The first kappa shape index (κ1) is 21.1. The largest absolute Gasteiger partial charge is 0.493 e. The van der Waals surface area contributed by atoms with Gasteiger partial charge in [-0.05, 0) is 70.0 Å². The number of aryl methyl sites for hydroxylation is 1. The zero-order chi connectivity index (χ0) is 21.1. The summed E-state index contributed by atoms with van der Waals surface area (Å²) in [6.07, 6.45) is 5.95. The molecule has 7 heteroatoms. The number of anilines is 1. The highest BCUT2D eigenvalue weighted by molar-refractivity contribution is 7.13. The van der Waals surface area contributed by atoms with Crippen molar-refractivity contribution >= 4 is 23.2 Å². The average Bonchev–Trinajstić information content (AvgIpc) is 3.13. The Morgan fingerprint density at radius 1 is 1.37 bits per heavy atom. The lowest BCUT2D eigenvalue weighted by atomic mass is 9.71. The van der Waals surface area contributed by atoms with Crippen molar-refractivity contribution in [3.63, 3.8) is 0 Å². The van der Waals surface area contributed by atoms with E-state index in [-0.39, 0.29) is 12.1 Å². The van der Waals surface area contributed by atoms with Crippen molar-refractivity contribution in [1.82, 2.24) is 15.2 Å². The number of hydrogen-bond donors (Lipinski definition) is 2. The molecule has 0 unspecified atom stereocenters. The Morgan fingerprint density at radius 2 is 2.20 bits per heavy atom. The van der Waals surface area contributed by atoms with Crippen LogP contribution in [0.3, 0.4) is 0 Å². The Hall–Kier alpha value is -2.12. The van der Waals surface area contributed by atoms with Crippen LogP contribution in [0.25, 0.3) is 10.6 Å². The Morgan fingerprint density at radius 3 is 2.90 bits per heavy atom. The van der Waals surface area contributed by atoms with Gasteiger partial charge in [0.2, 0.25) is 0 Å². The van der Waals surface area contributed by atoms with E-state index >= 15 is 0 Å². The van der Waals surface area contributed by atoms with Gasteiger partial charge in [-0.2, -0.15) is 0 Å². The van der Waals surface area contributed by atoms with Crippen LogP contribution in [0, 0.1) is 12.3 Å². The van der Waals surface area contributed by atoms with Crippen molar-refractivity contribution in [2.45, 2.75) is 52.0 Å². The summed E-state index contributed by atoms with van der Waals surface area (Å²) >= 11 is 1.53. The summed E-state index contributed by atoms with van der Waals surface area (Å²) in [4.78, 5) is 19.2. The molecule has 2 fully saturated rings. The van der Waals surface area contributed by atoms with Crippen LogP contribution in [0.15, 0.2) is 23.6 Å². The van der Waals surface area contributed by atoms with Gasteiger partial charge in [-0.3, -0.25) is 5.32 Å². The molecule has 1 saturated carbocycles. The van der Waals surface area contributed by atoms with Gasteiger partial charge in [-0.25, -0.2) is 9.78 Å². The van der Waals surface area contributed by atoms with Crippen molar-refractivity contribution < 1.29 is 9.53 Å². The minimum atomic E-state index is -0.184. The van der Waals surface area contributed by atoms with Crippen LogP contribution >= 0.6 is 11.3 Å². The lowest BCUT2D eigenvalue weighted by Gasteiger charge is -2.37. The molecule has 6 nitrogen and oxygen atoms in total. The molecule has 1 atom stereocenters. The molecule has 1 aliphatic carbocycles. The molecule has 1 aromatic carbocycles. The van der Waals surface area contributed by atoms with Crippen LogP contribution in [0.2, 0.25) is 0 Å². The van der Waals surface area contributed by atoms with E-state index in [9.17, 15) is 4.79 Å². The van der Waals surface area contributed by atoms with E-state index < -0.39 is 0 Å². The minimum Gasteiger partial charge on any atom is -0.493 e. The van der Waals surface area contributed by atoms with Crippen LogP contribution in [-0.2, 0) is 0 Å². The third-order valence-corrected chi connectivity index (χ3v) is 7.16. The zero-order valence-electron chi connectivity index (χ0n) is 18.2. The fourth-order valence-corrected chi connectivity index (χ4v) is 4.96. The Bertz CT molecular complexity index is 893. The van der Waals surface area contributed by atoms with Crippen molar-refractivity contribution in [2.75, 3.05) is 32.1 Å². The van der Waals surface area contributed by atoms with Crippen LogP contribution in [0.4, 0.5) is 10.6 Å². The number of likely N-dealkylation sites (tertiary alicyclic amines) is 1. The number of aromatic nitrogens is 1. The number of carbonyl (C=O) groups excluding carboxylic acids is 1. The Kier molecular flexibility index (Phi) is 6.29. The normalized spacial score (nSPS) is 21.0. The first-order valence-corrected chi connectivity index (χ1v) is 11.7. The second-order valence-corrected chi connectivity index (χ2v) is 10.0. The van der Waals surface area contributed by atoms with E-state index in [1.807, 2.05) is 17.5 Å². The van der Waals surface area contributed by atoms with Crippen LogP contribution < -0.4 is 15.4 Å². The molecule has 0 spiro atoms. The number of nitrogens with zero attached hydrogens (tertiary/aromatic N) is 2. The van der Waals surface area contributed by atoms with E-state index in [1.54, 1.807) is 0 Å². The standard InChI is InChI=1S/C23H32N4O2S/c1-16-12-17(7-8-19(16)29-15-23(2)9-5-10-23)21-25-20(14-30-21)26-22(28)24-18-6-4-11-27(3)13-18/h7-8,12,14,18H,4-6,9-11,13,15H2,1-3H3,(H2,24,26,28)/t18-/m0/s1. The Labute approximate surface area is 183 Å². The number of piperidine rings is 1. The molecule has 0 radical (unpaired) electrons. The number of ether oxygens (including phenoxy) is 1. The van der Waals surface area contributed by atoms with E-state index in [0.29, 0.717) is 11.2 Å². The van der Waals surface area contributed by atoms with E-state index in [1.165, 1.54) is 30.6 Å². The number of likely N-dealkylation sites (N-methyl/N-ethyl adjacent to an activating group) is 1.